The van der Waals surface area contributed by atoms with Gasteiger partial charge >= 0.3 is 6.36 Å². The van der Waals surface area contributed by atoms with Gasteiger partial charge in [-0.3, -0.25) is 4.79 Å². The number of hydrogen-bond acceptors (Lipinski definition) is 3. The van der Waals surface area contributed by atoms with Crippen molar-refractivity contribution in [3.63, 3.8) is 0 Å². The Balaban J connectivity index is 2.08. The minimum absolute atomic E-state index is 0.00426. The number of hydrogen-bond donors (Lipinski definition) is 1. The average Bonchev–Trinajstić information content (AvgIpc) is 2.38. The molecular weight excluding hydrogens is 271 g/mol. The lowest BCUT2D eigenvalue weighted by atomic mass is 9.92. The number of alkyl halides is 3. The first-order chi connectivity index (χ1) is 9.46. The smallest absolute Gasteiger partial charge is 0.405 e. The predicted molar refractivity (Wildman–Crippen MR) is 67.7 cm³/mol. The van der Waals surface area contributed by atoms with E-state index in [1.54, 1.807) is 0 Å². The summed E-state index contributed by atoms with van der Waals surface area (Å²) in [7, 11) is 0. The van der Waals surface area contributed by atoms with Gasteiger partial charge in [0, 0.05) is 6.42 Å². The molecule has 0 bridgehead atoms. The quantitative estimate of drug-likeness (QED) is 0.864. The lowest BCUT2D eigenvalue weighted by Crippen LogP contribution is -2.31. The van der Waals surface area contributed by atoms with E-state index in [1.807, 2.05) is 0 Å². The zero-order valence-corrected chi connectivity index (χ0v) is 10.9. The standard InChI is InChI=1S/C14H16F3NO2/c15-14(16,17)20-13-6-2-1-5-11(13)12(19)8-10-4-3-7-18-9-10/h1-2,5-6,10,18H,3-4,7-9H2. The fourth-order valence-corrected chi connectivity index (χ4v) is 2.38. The Morgan fingerprint density at radius 3 is 2.75 bits per heavy atom. The van der Waals surface area contributed by atoms with Crippen molar-refractivity contribution in [2.24, 2.45) is 5.92 Å². The molecular formula is C14H16F3NO2. The van der Waals surface area contributed by atoms with Crippen LogP contribution in [0.25, 0.3) is 0 Å². The number of carbonyl (C=O) groups excluding carboxylic acids is 1. The minimum Gasteiger partial charge on any atom is -0.405 e. The van der Waals surface area contributed by atoms with Crippen LogP contribution in [-0.2, 0) is 0 Å². The molecule has 20 heavy (non-hydrogen) atoms. The molecule has 0 radical (unpaired) electrons. The fraction of sp³-hybridized carbons (Fsp3) is 0.500. The molecule has 1 atom stereocenters. The Kier molecular flexibility index (Phi) is 4.65. The molecule has 0 aromatic heterocycles. The lowest BCUT2D eigenvalue weighted by Gasteiger charge is -2.22. The first-order valence-electron chi connectivity index (χ1n) is 6.54. The molecule has 1 heterocycles. The molecule has 1 aliphatic rings. The van der Waals surface area contributed by atoms with Crippen molar-refractivity contribution < 1.29 is 22.7 Å². The van der Waals surface area contributed by atoms with Crippen LogP contribution >= 0.6 is 0 Å². The zero-order valence-electron chi connectivity index (χ0n) is 10.9. The number of rotatable bonds is 4. The minimum atomic E-state index is -4.79. The van der Waals surface area contributed by atoms with Gasteiger partial charge in [-0.2, -0.15) is 0 Å². The van der Waals surface area contributed by atoms with Crippen LogP contribution in [0.3, 0.4) is 0 Å². The lowest BCUT2D eigenvalue weighted by molar-refractivity contribution is -0.274. The monoisotopic (exact) mass is 287 g/mol. The molecule has 1 N–H and O–H groups in total. The first kappa shape index (κ1) is 14.8. The van der Waals surface area contributed by atoms with Crippen molar-refractivity contribution in [2.45, 2.75) is 25.6 Å². The average molecular weight is 287 g/mol. The van der Waals surface area contributed by atoms with E-state index in [0.29, 0.717) is 0 Å². The van der Waals surface area contributed by atoms with E-state index >= 15 is 0 Å². The van der Waals surface area contributed by atoms with Crippen LogP contribution in [0.15, 0.2) is 24.3 Å². The van der Waals surface area contributed by atoms with E-state index in [1.165, 1.54) is 24.3 Å². The Morgan fingerprint density at radius 2 is 2.10 bits per heavy atom. The van der Waals surface area contributed by atoms with Crippen molar-refractivity contribution in [2.75, 3.05) is 13.1 Å². The molecule has 1 aliphatic heterocycles. The second-order valence-corrected chi connectivity index (χ2v) is 4.88. The summed E-state index contributed by atoms with van der Waals surface area (Å²) in [5, 5.41) is 3.18. The van der Waals surface area contributed by atoms with Gasteiger partial charge in [-0.15, -0.1) is 13.2 Å². The Morgan fingerprint density at radius 1 is 1.35 bits per heavy atom. The number of halogens is 3. The first-order valence-corrected chi connectivity index (χ1v) is 6.54. The van der Waals surface area contributed by atoms with Crippen LogP contribution < -0.4 is 10.1 Å². The summed E-state index contributed by atoms with van der Waals surface area (Å²) >= 11 is 0. The molecule has 0 spiro atoms. The van der Waals surface area contributed by atoms with Crippen LogP contribution in [0.5, 0.6) is 5.75 Å². The third kappa shape index (κ3) is 4.23. The fourth-order valence-electron chi connectivity index (χ4n) is 2.38. The number of carbonyl (C=O) groups is 1. The number of nitrogens with one attached hydrogen (secondary N) is 1. The number of ether oxygens (including phenoxy) is 1. The molecule has 0 amide bonds. The molecule has 1 unspecified atom stereocenters. The summed E-state index contributed by atoms with van der Waals surface area (Å²) in [5.41, 5.74) is -0.00426. The van der Waals surface area contributed by atoms with E-state index in [9.17, 15) is 18.0 Å². The third-order valence-corrected chi connectivity index (χ3v) is 3.29. The largest absolute Gasteiger partial charge is 0.573 e. The van der Waals surface area contributed by atoms with Gasteiger partial charge in [0.25, 0.3) is 0 Å². The van der Waals surface area contributed by atoms with Crippen LogP contribution in [0.1, 0.15) is 29.6 Å². The summed E-state index contributed by atoms with van der Waals surface area (Å²) in [6, 6.07) is 5.50. The van der Waals surface area contributed by atoms with Crippen LogP contribution in [-0.4, -0.2) is 25.2 Å². The highest BCUT2D eigenvalue weighted by Gasteiger charge is 2.33. The summed E-state index contributed by atoms with van der Waals surface area (Å²) in [6.07, 6.45) is -2.65. The number of piperidine rings is 1. The van der Waals surface area contributed by atoms with Gasteiger partial charge in [0.05, 0.1) is 5.56 Å². The summed E-state index contributed by atoms with van der Waals surface area (Å²) < 4.78 is 40.8. The highest BCUT2D eigenvalue weighted by molar-refractivity contribution is 5.98. The second kappa shape index (κ2) is 6.26. The maximum Gasteiger partial charge on any atom is 0.573 e. The van der Waals surface area contributed by atoms with E-state index in [0.717, 1.165) is 25.9 Å². The van der Waals surface area contributed by atoms with Crippen LogP contribution in [0.2, 0.25) is 0 Å². The van der Waals surface area contributed by atoms with Gasteiger partial charge in [-0.1, -0.05) is 12.1 Å². The molecule has 0 saturated carbocycles. The molecule has 0 aliphatic carbocycles. The van der Waals surface area contributed by atoms with E-state index in [4.69, 9.17) is 0 Å². The van der Waals surface area contributed by atoms with Crippen molar-refractivity contribution in [3.05, 3.63) is 29.8 Å². The Bertz CT molecular complexity index is 468. The van der Waals surface area contributed by atoms with Gasteiger partial charge in [0.1, 0.15) is 5.75 Å². The predicted octanol–water partition coefficient (Wildman–Crippen LogP) is 3.16. The van der Waals surface area contributed by atoms with Gasteiger partial charge in [0.15, 0.2) is 5.78 Å². The van der Waals surface area contributed by atoms with Crippen molar-refractivity contribution in [3.8, 4) is 5.75 Å². The second-order valence-electron chi connectivity index (χ2n) is 4.88. The van der Waals surface area contributed by atoms with E-state index < -0.39 is 12.1 Å². The molecule has 1 fully saturated rings. The highest BCUT2D eigenvalue weighted by Crippen LogP contribution is 2.28. The van der Waals surface area contributed by atoms with E-state index in [-0.39, 0.29) is 23.7 Å². The molecule has 1 aromatic rings. The third-order valence-electron chi connectivity index (χ3n) is 3.29. The maximum absolute atomic E-state index is 12.3. The number of ketones is 1. The number of benzene rings is 1. The Hall–Kier alpha value is -1.56. The van der Waals surface area contributed by atoms with Crippen LogP contribution in [0, 0.1) is 5.92 Å². The van der Waals surface area contributed by atoms with Gasteiger partial charge in [-0.25, -0.2) is 0 Å². The molecule has 3 nitrogen and oxygen atoms in total. The molecule has 110 valence electrons. The molecule has 1 aromatic carbocycles. The van der Waals surface area contributed by atoms with Crippen molar-refractivity contribution >= 4 is 5.78 Å². The van der Waals surface area contributed by atoms with Crippen molar-refractivity contribution in [1.29, 1.82) is 0 Å². The highest BCUT2D eigenvalue weighted by atomic mass is 19.4. The van der Waals surface area contributed by atoms with Gasteiger partial charge in [0.2, 0.25) is 0 Å². The maximum atomic E-state index is 12.3. The molecule has 1 saturated heterocycles. The Labute approximate surface area is 115 Å². The zero-order chi connectivity index (χ0) is 14.6. The van der Waals surface area contributed by atoms with Crippen LogP contribution in [0.4, 0.5) is 13.2 Å². The van der Waals surface area contributed by atoms with Gasteiger partial charge < -0.3 is 10.1 Å². The van der Waals surface area contributed by atoms with Gasteiger partial charge in [-0.05, 0) is 44.0 Å². The molecule has 2 rings (SSSR count). The SMILES string of the molecule is O=C(CC1CCCNC1)c1ccccc1OC(F)(F)F. The van der Waals surface area contributed by atoms with E-state index in [2.05, 4.69) is 10.1 Å². The normalized spacial score (nSPS) is 19.6. The summed E-state index contributed by atoms with van der Waals surface area (Å²) in [6.45, 7) is 1.66. The van der Waals surface area contributed by atoms with Crippen molar-refractivity contribution in [1.82, 2.24) is 5.32 Å². The summed E-state index contributed by atoms with van der Waals surface area (Å²) in [4.78, 5) is 12.1. The molecule has 6 heteroatoms. The number of Topliss-reactive ketones (excluding diaryl/α,β-unsaturated/α-hetero) is 1. The summed E-state index contributed by atoms with van der Waals surface area (Å²) in [5.74, 6) is -0.553. The number of para-hydroxylation sites is 1. The topological polar surface area (TPSA) is 38.3 Å².